The summed E-state index contributed by atoms with van der Waals surface area (Å²) < 4.78 is 37.1. The zero-order valence-electron chi connectivity index (χ0n) is 21.8. The predicted octanol–water partition coefficient (Wildman–Crippen LogP) is 4.38. The van der Waals surface area contributed by atoms with Crippen molar-refractivity contribution >= 4 is 41.3 Å². The van der Waals surface area contributed by atoms with E-state index in [4.69, 9.17) is 18.3 Å². The van der Waals surface area contributed by atoms with Crippen LogP contribution in [-0.2, 0) is 25.0 Å². The summed E-state index contributed by atoms with van der Waals surface area (Å²) in [4.78, 5) is 13.2. The monoisotopic (exact) mass is 575 g/mol. The molecule has 0 amide bonds. The average molecular weight is 576 g/mol. The number of para-hydroxylation sites is 1. The fourth-order valence-corrected chi connectivity index (χ4v) is 6.45. The van der Waals surface area contributed by atoms with Crippen LogP contribution in [0.4, 0.5) is 11.5 Å². The highest BCUT2D eigenvalue weighted by Crippen LogP contribution is 2.55. The number of aliphatic hydroxyl groups is 2. The Morgan fingerprint density at radius 1 is 1.05 bits per heavy atom. The molecule has 3 N–H and O–H groups in total. The lowest BCUT2D eigenvalue weighted by molar-refractivity contribution is -0.0516. The van der Waals surface area contributed by atoms with Crippen LogP contribution in [0.25, 0.3) is 21.9 Å². The predicted molar refractivity (Wildman–Crippen MR) is 149 cm³/mol. The number of hydrogen-bond acceptors (Lipinski definition) is 11. The van der Waals surface area contributed by atoms with Crippen LogP contribution >= 0.6 is 7.82 Å². The third-order valence-electron chi connectivity index (χ3n) is 7.28. The van der Waals surface area contributed by atoms with E-state index in [0.717, 1.165) is 27.6 Å². The molecule has 5 aromatic rings. The molecule has 2 aliphatic rings. The molecule has 0 aliphatic carbocycles. The molecule has 2 aromatic heterocycles. The van der Waals surface area contributed by atoms with Crippen molar-refractivity contribution in [3.05, 3.63) is 84.4 Å². The van der Waals surface area contributed by atoms with Gasteiger partial charge in [-0.1, -0.05) is 54.6 Å². The maximum Gasteiger partial charge on any atom is 0.530 e. The number of hydrogen-bond donors (Lipinski definition) is 3. The molecule has 1 unspecified atom stereocenters. The summed E-state index contributed by atoms with van der Waals surface area (Å²) >= 11 is 0. The number of fused-ring (bicyclic) bond motifs is 3. The van der Waals surface area contributed by atoms with Crippen LogP contribution in [0.2, 0.25) is 0 Å². The number of ether oxygens (including phenoxy) is 1. The van der Waals surface area contributed by atoms with Crippen LogP contribution in [0.1, 0.15) is 17.4 Å². The highest BCUT2D eigenvalue weighted by atomic mass is 31.2. The number of aromatic nitrogens is 4. The van der Waals surface area contributed by atoms with Crippen molar-refractivity contribution in [3.8, 4) is 5.75 Å². The van der Waals surface area contributed by atoms with Gasteiger partial charge in [0.05, 0.1) is 19.5 Å². The first kappa shape index (κ1) is 26.0. The lowest BCUT2D eigenvalue weighted by Gasteiger charge is -2.27. The summed E-state index contributed by atoms with van der Waals surface area (Å²) in [5.41, 5.74) is 3.25. The van der Waals surface area contributed by atoms with E-state index in [0.29, 0.717) is 22.7 Å². The van der Waals surface area contributed by atoms with E-state index in [1.807, 2.05) is 67.6 Å². The number of benzene rings is 3. The summed E-state index contributed by atoms with van der Waals surface area (Å²) in [7, 11) is -3.97. The van der Waals surface area contributed by atoms with E-state index < -0.39 is 32.4 Å². The van der Waals surface area contributed by atoms with Crippen LogP contribution in [0.3, 0.4) is 0 Å². The van der Waals surface area contributed by atoms with Crippen molar-refractivity contribution in [1.82, 2.24) is 19.5 Å². The van der Waals surface area contributed by atoms with Gasteiger partial charge in [-0.25, -0.2) is 19.5 Å². The Morgan fingerprint density at radius 2 is 1.88 bits per heavy atom. The standard InChI is InChI=1S/C28H26N5O7P/c1-16-6-4-9-18-12-37-41(36,40-25(16)18)38-13-21-23(34)24(35)28(39-21)33-15-31-22-26(29-14-30-27(22)33)32-20-11-5-8-17-7-2-3-10-19(17)20/h2-11,14-15,21,23-24,28,34-35H,12-13H2,1H3,(H,29,30,32)/t21-,23-,24-,28-,41?/m1/s1. The fourth-order valence-electron chi connectivity index (χ4n) is 5.16. The molecule has 5 atom stereocenters. The van der Waals surface area contributed by atoms with Gasteiger partial charge in [0.1, 0.15) is 30.4 Å². The Labute approximate surface area is 234 Å². The maximum absolute atomic E-state index is 13.1. The van der Waals surface area contributed by atoms with Gasteiger partial charge < -0.3 is 24.8 Å². The molecule has 2 aliphatic heterocycles. The molecule has 0 radical (unpaired) electrons. The number of phosphoric ester groups is 1. The van der Waals surface area contributed by atoms with Gasteiger partial charge >= 0.3 is 7.82 Å². The Hall–Kier alpha value is -3.90. The van der Waals surface area contributed by atoms with Crippen LogP contribution in [-0.4, -0.2) is 54.7 Å². The zero-order valence-corrected chi connectivity index (χ0v) is 22.7. The highest BCUT2D eigenvalue weighted by Gasteiger charge is 2.46. The lowest BCUT2D eigenvalue weighted by atomic mass is 10.1. The number of anilines is 2. The average Bonchev–Trinajstić information content (AvgIpc) is 3.54. The minimum Gasteiger partial charge on any atom is -0.403 e. The molecular formula is C28H26N5O7P. The number of imidazole rings is 1. The summed E-state index contributed by atoms with van der Waals surface area (Å²) in [5, 5.41) is 27.1. The van der Waals surface area contributed by atoms with Crippen LogP contribution in [0.5, 0.6) is 5.75 Å². The molecule has 7 rings (SSSR count). The van der Waals surface area contributed by atoms with E-state index in [1.165, 1.54) is 17.2 Å². The maximum atomic E-state index is 13.1. The highest BCUT2D eigenvalue weighted by molar-refractivity contribution is 7.49. The van der Waals surface area contributed by atoms with E-state index in [1.54, 1.807) is 0 Å². The quantitative estimate of drug-likeness (QED) is 0.248. The van der Waals surface area contributed by atoms with Gasteiger partial charge in [0, 0.05) is 16.6 Å². The van der Waals surface area contributed by atoms with Gasteiger partial charge in [-0.3, -0.25) is 13.6 Å². The summed E-state index contributed by atoms with van der Waals surface area (Å²) in [6.45, 7) is 1.55. The first-order valence-electron chi connectivity index (χ1n) is 13.0. The Morgan fingerprint density at radius 3 is 2.78 bits per heavy atom. The molecular weight excluding hydrogens is 549 g/mol. The van der Waals surface area contributed by atoms with Crippen molar-refractivity contribution in [1.29, 1.82) is 0 Å². The number of rotatable bonds is 6. The molecule has 13 heteroatoms. The van der Waals surface area contributed by atoms with Crippen molar-refractivity contribution in [3.63, 3.8) is 0 Å². The van der Waals surface area contributed by atoms with Crippen LogP contribution < -0.4 is 9.84 Å². The van der Waals surface area contributed by atoms with Crippen molar-refractivity contribution in [2.45, 2.75) is 38.1 Å². The van der Waals surface area contributed by atoms with Crippen LogP contribution in [0, 0.1) is 6.92 Å². The van der Waals surface area contributed by atoms with E-state index in [-0.39, 0.29) is 13.2 Å². The molecule has 1 fully saturated rings. The summed E-state index contributed by atoms with van der Waals surface area (Å²) in [5.74, 6) is 0.920. The smallest absolute Gasteiger partial charge is 0.403 e. The molecule has 0 spiro atoms. The number of aliphatic hydroxyl groups excluding tert-OH is 2. The summed E-state index contributed by atoms with van der Waals surface area (Å²) in [6.07, 6.45) is -1.91. The number of aryl methyl sites for hydroxylation is 1. The summed E-state index contributed by atoms with van der Waals surface area (Å²) in [6, 6.07) is 19.4. The normalized spacial score (nSPS) is 25.7. The number of nitrogens with zero attached hydrogens (tertiary/aromatic N) is 4. The SMILES string of the molecule is Cc1cccc2c1OP(=O)(OC[C@H]1O[C@@H](n3cnc4c(Nc5cccc6ccccc56)ncnc43)[C@H](O)[C@@H]1O)OC2. The third-order valence-corrected chi connectivity index (χ3v) is 8.60. The third kappa shape index (κ3) is 4.64. The zero-order chi connectivity index (χ0) is 28.1. The fraction of sp³-hybridized carbons (Fsp3) is 0.250. The molecule has 41 heavy (non-hydrogen) atoms. The van der Waals surface area contributed by atoms with Gasteiger partial charge in [-0.05, 0) is 23.9 Å². The van der Waals surface area contributed by atoms with Gasteiger partial charge in [0.15, 0.2) is 23.2 Å². The first-order chi connectivity index (χ1) is 19.9. The molecule has 1 saturated heterocycles. The van der Waals surface area contributed by atoms with E-state index >= 15 is 0 Å². The van der Waals surface area contributed by atoms with Gasteiger partial charge in [0.25, 0.3) is 0 Å². The van der Waals surface area contributed by atoms with Crippen molar-refractivity contribution in [2.24, 2.45) is 0 Å². The first-order valence-corrected chi connectivity index (χ1v) is 14.5. The molecule has 0 saturated carbocycles. The van der Waals surface area contributed by atoms with Crippen LogP contribution in [0.15, 0.2) is 73.3 Å². The Bertz CT molecular complexity index is 1810. The Balaban J connectivity index is 1.10. The molecule has 12 nitrogen and oxygen atoms in total. The minimum absolute atomic E-state index is 0.0590. The second kappa shape index (κ2) is 10.2. The van der Waals surface area contributed by atoms with Gasteiger partial charge in [-0.2, -0.15) is 0 Å². The second-order valence-corrected chi connectivity index (χ2v) is 11.5. The number of nitrogens with one attached hydrogen (secondary N) is 1. The number of phosphoric acid groups is 1. The molecule has 3 aromatic carbocycles. The van der Waals surface area contributed by atoms with E-state index in [9.17, 15) is 14.8 Å². The largest absolute Gasteiger partial charge is 0.530 e. The second-order valence-electron chi connectivity index (χ2n) is 9.92. The Kier molecular flexibility index (Phi) is 6.46. The van der Waals surface area contributed by atoms with Gasteiger partial charge in [-0.15, -0.1) is 0 Å². The molecule has 210 valence electrons. The molecule has 4 heterocycles. The topological polar surface area (TPSA) is 150 Å². The lowest BCUT2D eigenvalue weighted by Crippen LogP contribution is -2.34. The van der Waals surface area contributed by atoms with Gasteiger partial charge in [0.2, 0.25) is 0 Å². The molecule has 0 bridgehead atoms. The van der Waals surface area contributed by atoms with Crippen molar-refractivity contribution < 1.29 is 33.1 Å². The van der Waals surface area contributed by atoms with Crippen molar-refractivity contribution in [2.75, 3.05) is 11.9 Å². The minimum atomic E-state index is -3.97. The van der Waals surface area contributed by atoms with E-state index in [2.05, 4.69) is 20.3 Å².